The van der Waals surface area contributed by atoms with E-state index in [9.17, 15) is 9.18 Å². The van der Waals surface area contributed by atoms with Crippen LogP contribution in [0.15, 0.2) is 24.3 Å². The first-order chi connectivity index (χ1) is 8.10. The maximum absolute atomic E-state index is 13.5. The molecular weight excluding hydrogens is 221 g/mol. The minimum absolute atomic E-state index is 0.0713. The van der Waals surface area contributed by atoms with Gasteiger partial charge in [-0.3, -0.25) is 0 Å². The molecule has 0 fully saturated rings. The topological polar surface area (TPSA) is 38.3 Å². The molecule has 0 radical (unpaired) electrons. The van der Waals surface area contributed by atoms with Gasteiger partial charge >= 0.3 is 5.97 Å². The van der Waals surface area contributed by atoms with Crippen molar-refractivity contribution in [2.45, 2.75) is 26.3 Å². The summed E-state index contributed by atoms with van der Waals surface area (Å²) in [6, 6.07) is 5.76. The van der Waals surface area contributed by atoms with Crippen molar-refractivity contribution in [1.82, 2.24) is 0 Å². The van der Waals surface area contributed by atoms with Crippen LogP contribution >= 0.6 is 0 Å². The molecule has 0 spiro atoms. The largest absolute Gasteiger partial charge is 0.467 e. The predicted octanol–water partition coefficient (Wildman–Crippen LogP) is 2.83. The molecule has 0 saturated carbocycles. The molecule has 0 bridgehead atoms. The van der Waals surface area contributed by atoms with E-state index in [0.717, 1.165) is 6.42 Å². The summed E-state index contributed by atoms with van der Waals surface area (Å²) in [6.45, 7) is 3.90. The molecule has 1 aromatic carbocycles. The van der Waals surface area contributed by atoms with Crippen molar-refractivity contribution in [1.29, 1.82) is 0 Å². The van der Waals surface area contributed by atoms with Crippen LogP contribution in [-0.4, -0.2) is 19.1 Å². The molecule has 0 amide bonds. The van der Waals surface area contributed by atoms with Crippen molar-refractivity contribution in [3.63, 3.8) is 0 Å². The van der Waals surface area contributed by atoms with Gasteiger partial charge in [0.15, 0.2) is 0 Å². The second-order valence-corrected chi connectivity index (χ2v) is 4.01. The quantitative estimate of drug-likeness (QED) is 0.803. The van der Waals surface area contributed by atoms with Gasteiger partial charge in [-0.1, -0.05) is 32.4 Å². The fourth-order valence-corrected chi connectivity index (χ4v) is 1.54. The molecule has 0 aliphatic carbocycles. The van der Waals surface area contributed by atoms with Gasteiger partial charge in [-0.15, -0.1) is 0 Å². The SMILES string of the molecule is CCC(C)C(Nc1ccccc1F)C(=O)OC. The Balaban J connectivity index is 2.87. The summed E-state index contributed by atoms with van der Waals surface area (Å²) in [6.07, 6.45) is 0.807. The van der Waals surface area contributed by atoms with Crippen LogP contribution in [-0.2, 0) is 9.53 Å². The number of nitrogens with one attached hydrogen (secondary N) is 1. The Morgan fingerprint density at radius 3 is 2.65 bits per heavy atom. The van der Waals surface area contributed by atoms with Gasteiger partial charge in [-0.25, -0.2) is 9.18 Å². The summed E-state index contributed by atoms with van der Waals surface area (Å²) in [5.74, 6) is -0.672. The molecule has 1 rings (SSSR count). The fraction of sp³-hybridized carbons (Fsp3) is 0.462. The number of methoxy groups -OCH3 is 1. The third-order valence-electron chi connectivity index (χ3n) is 2.85. The number of carbonyl (C=O) groups is 1. The first-order valence-corrected chi connectivity index (χ1v) is 5.69. The normalized spacial score (nSPS) is 13.9. The molecule has 0 aliphatic rings. The summed E-state index contributed by atoms with van der Waals surface area (Å²) in [5, 5.41) is 2.90. The van der Waals surface area contributed by atoms with E-state index in [1.807, 2.05) is 13.8 Å². The van der Waals surface area contributed by atoms with E-state index in [4.69, 9.17) is 4.74 Å². The van der Waals surface area contributed by atoms with E-state index >= 15 is 0 Å². The van der Waals surface area contributed by atoms with Gasteiger partial charge in [0, 0.05) is 0 Å². The highest BCUT2D eigenvalue weighted by atomic mass is 19.1. The zero-order chi connectivity index (χ0) is 12.8. The highest BCUT2D eigenvalue weighted by Crippen LogP contribution is 2.19. The zero-order valence-electron chi connectivity index (χ0n) is 10.4. The minimum Gasteiger partial charge on any atom is -0.467 e. The number of rotatable bonds is 5. The lowest BCUT2D eigenvalue weighted by molar-refractivity contribution is -0.142. The highest BCUT2D eigenvalue weighted by molar-refractivity contribution is 5.79. The van der Waals surface area contributed by atoms with Crippen molar-refractivity contribution >= 4 is 11.7 Å². The van der Waals surface area contributed by atoms with Crippen LogP contribution < -0.4 is 5.32 Å². The Kier molecular flexibility index (Phi) is 4.94. The summed E-state index contributed by atoms with van der Waals surface area (Å²) in [4.78, 5) is 11.6. The molecule has 17 heavy (non-hydrogen) atoms. The number of esters is 1. The molecule has 4 heteroatoms. The minimum atomic E-state index is -0.526. The Bertz CT molecular complexity index is 381. The number of hydrogen-bond acceptors (Lipinski definition) is 3. The lowest BCUT2D eigenvalue weighted by Gasteiger charge is -2.23. The first kappa shape index (κ1) is 13.5. The molecule has 0 heterocycles. The second-order valence-electron chi connectivity index (χ2n) is 4.01. The third kappa shape index (κ3) is 3.44. The van der Waals surface area contributed by atoms with E-state index in [-0.39, 0.29) is 17.7 Å². The Morgan fingerprint density at radius 2 is 2.12 bits per heavy atom. The lowest BCUT2D eigenvalue weighted by atomic mass is 9.99. The predicted molar refractivity (Wildman–Crippen MR) is 65.3 cm³/mol. The maximum Gasteiger partial charge on any atom is 0.328 e. The van der Waals surface area contributed by atoms with Crippen LogP contribution in [0.1, 0.15) is 20.3 Å². The van der Waals surface area contributed by atoms with Gasteiger partial charge in [-0.2, -0.15) is 0 Å². The molecule has 3 nitrogen and oxygen atoms in total. The summed E-state index contributed by atoms with van der Waals surface area (Å²) in [7, 11) is 1.33. The first-order valence-electron chi connectivity index (χ1n) is 5.69. The zero-order valence-corrected chi connectivity index (χ0v) is 10.4. The van der Waals surface area contributed by atoms with E-state index in [1.165, 1.54) is 13.2 Å². The van der Waals surface area contributed by atoms with Crippen LogP contribution in [0.25, 0.3) is 0 Å². The number of hydrogen-bond donors (Lipinski definition) is 1. The van der Waals surface area contributed by atoms with Gasteiger partial charge in [0.1, 0.15) is 11.9 Å². The molecular formula is C13H18FNO2. The number of para-hydroxylation sites is 1. The number of anilines is 1. The Labute approximate surface area is 101 Å². The van der Waals surface area contributed by atoms with Gasteiger partial charge in [0.25, 0.3) is 0 Å². The van der Waals surface area contributed by atoms with E-state index in [1.54, 1.807) is 18.2 Å². The van der Waals surface area contributed by atoms with Crippen molar-refractivity contribution in [3.8, 4) is 0 Å². The average Bonchev–Trinajstić information content (AvgIpc) is 2.36. The van der Waals surface area contributed by atoms with Crippen LogP contribution in [0.5, 0.6) is 0 Å². The lowest BCUT2D eigenvalue weighted by Crippen LogP contribution is -2.36. The van der Waals surface area contributed by atoms with Crippen LogP contribution in [0.3, 0.4) is 0 Å². The molecule has 0 aliphatic heterocycles. The number of ether oxygens (including phenoxy) is 1. The maximum atomic E-state index is 13.5. The highest BCUT2D eigenvalue weighted by Gasteiger charge is 2.25. The summed E-state index contributed by atoms with van der Waals surface area (Å²) in [5.41, 5.74) is 0.322. The van der Waals surface area contributed by atoms with Crippen LogP contribution in [0.2, 0.25) is 0 Å². The van der Waals surface area contributed by atoms with E-state index < -0.39 is 6.04 Å². The summed E-state index contributed by atoms with van der Waals surface area (Å²) < 4.78 is 18.2. The van der Waals surface area contributed by atoms with Crippen LogP contribution in [0, 0.1) is 11.7 Å². The van der Waals surface area contributed by atoms with Crippen molar-refractivity contribution in [2.24, 2.45) is 5.92 Å². The smallest absolute Gasteiger partial charge is 0.328 e. The third-order valence-corrected chi connectivity index (χ3v) is 2.85. The monoisotopic (exact) mass is 239 g/mol. The number of benzene rings is 1. The van der Waals surface area contributed by atoms with Crippen LogP contribution in [0.4, 0.5) is 10.1 Å². The molecule has 2 unspecified atom stereocenters. The molecule has 0 aromatic heterocycles. The number of carbonyl (C=O) groups excluding carboxylic acids is 1. The molecule has 1 N–H and O–H groups in total. The Morgan fingerprint density at radius 1 is 1.47 bits per heavy atom. The van der Waals surface area contributed by atoms with Crippen molar-refractivity contribution < 1.29 is 13.9 Å². The van der Waals surface area contributed by atoms with Gasteiger partial charge in [0.2, 0.25) is 0 Å². The molecule has 0 saturated heterocycles. The van der Waals surface area contributed by atoms with E-state index in [2.05, 4.69) is 5.32 Å². The number of halogens is 1. The average molecular weight is 239 g/mol. The van der Waals surface area contributed by atoms with Gasteiger partial charge in [-0.05, 0) is 18.1 Å². The fourth-order valence-electron chi connectivity index (χ4n) is 1.54. The van der Waals surface area contributed by atoms with Crippen molar-refractivity contribution in [2.75, 3.05) is 12.4 Å². The molecule has 2 atom stereocenters. The molecule has 94 valence electrons. The second kappa shape index (κ2) is 6.23. The summed E-state index contributed by atoms with van der Waals surface area (Å²) >= 11 is 0. The van der Waals surface area contributed by atoms with Crippen molar-refractivity contribution in [3.05, 3.63) is 30.1 Å². The van der Waals surface area contributed by atoms with Gasteiger partial charge < -0.3 is 10.1 Å². The standard InChI is InChI=1S/C13H18FNO2/c1-4-9(2)12(13(16)17-3)15-11-8-6-5-7-10(11)14/h5-9,12,15H,4H2,1-3H3. The van der Waals surface area contributed by atoms with Gasteiger partial charge in [0.05, 0.1) is 12.8 Å². The molecule has 1 aromatic rings. The Hall–Kier alpha value is -1.58. The van der Waals surface area contributed by atoms with E-state index in [0.29, 0.717) is 5.69 Å².